The fourth-order valence-electron chi connectivity index (χ4n) is 3.25. The molecule has 0 radical (unpaired) electrons. The molecule has 1 aliphatic rings. The summed E-state index contributed by atoms with van der Waals surface area (Å²) in [5.41, 5.74) is 0.391. The summed E-state index contributed by atoms with van der Waals surface area (Å²) < 4.78 is 26.6. The van der Waals surface area contributed by atoms with Crippen LogP contribution < -0.4 is 5.32 Å². The summed E-state index contributed by atoms with van der Waals surface area (Å²) in [5, 5.41) is 4.68. The lowest BCUT2D eigenvalue weighted by molar-refractivity contribution is 0.0950. The van der Waals surface area contributed by atoms with Gasteiger partial charge in [0.05, 0.1) is 21.2 Å². The number of nitrogens with zero attached hydrogens (tertiary/aromatic N) is 1. The van der Waals surface area contributed by atoms with Gasteiger partial charge in [0, 0.05) is 23.5 Å². The Balaban J connectivity index is 1.37. The average Bonchev–Trinajstić information content (AvgIpc) is 3.53. The van der Waals surface area contributed by atoms with Crippen LogP contribution in [0.1, 0.15) is 42.6 Å². The third kappa shape index (κ3) is 4.39. The van der Waals surface area contributed by atoms with Gasteiger partial charge in [-0.15, -0.1) is 22.7 Å². The number of ketones is 1. The molecule has 9 heteroatoms. The second kappa shape index (κ2) is 8.81. The summed E-state index contributed by atoms with van der Waals surface area (Å²) in [6.07, 6.45) is 1.76. The Morgan fingerprint density at radius 3 is 2.37 bits per heavy atom. The average molecular weight is 461 g/mol. The van der Waals surface area contributed by atoms with Crippen molar-refractivity contribution in [2.75, 3.05) is 13.1 Å². The summed E-state index contributed by atoms with van der Waals surface area (Å²) >= 11 is 2.76. The molecule has 1 N–H and O–H groups in total. The van der Waals surface area contributed by atoms with Crippen LogP contribution in [-0.2, 0) is 16.6 Å². The molecule has 30 heavy (non-hydrogen) atoms. The van der Waals surface area contributed by atoms with Gasteiger partial charge in [0.25, 0.3) is 5.91 Å². The van der Waals surface area contributed by atoms with Crippen LogP contribution in [0.3, 0.4) is 0 Å². The lowest BCUT2D eigenvalue weighted by Gasteiger charge is -2.15. The number of carbonyl (C=O) groups excluding carboxylic acids is 2. The minimum absolute atomic E-state index is 0.0117. The van der Waals surface area contributed by atoms with Crippen molar-refractivity contribution in [3.63, 3.8) is 0 Å². The van der Waals surface area contributed by atoms with E-state index in [1.807, 2.05) is 17.5 Å². The van der Waals surface area contributed by atoms with E-state index in [4.69, 9.17) is 0 Å². The molecule has 3 aromatic rings. The summed E-state index contributed by atoms with van der Waals surface area (Å²) in [4.78, 5) is 27.2. The largest absolute Gasteiger partial charge is 0.347 e. The number of sulfonamides is 1. The maximum Gasteiger partial charge on any atom is 0.251 e. The number of amides is 1. The summed E-state index contributed by atoms with van der Waals surface area (Å²) in [6.45, 7) is 1.39. The SMILES string of the molecule is O=C(NCc1ccc(C(=O)c2cccs2)s1)c1ccc(S(=O)(=O)N2CCCC2)cc1. The zero-order valence-corrected chi connectivity index (χ0v) is 18.5. The molecule has 0 bridgehead atoms. The first kappa shape index (κ1) is 20.9. The van der Waals surface area contributed by atoms with Gasteiger partial charge in [-0.3, -0.25) is 9.59 Å². The molecule has 1 saturated heterocycles. The number of rotatable bonds is 7. The summed E-state index contributed by atoms with van der Waals surface area (Å²) in [5.74, 6) is -0.304. The van der Waals surface area contributed by atoms with Crippen molar-refractivity contribution in [3.05, 3.63) is 74.1 Å². The third-order valence-corrected chi connectivity index (χ3v) is 8.74. The molecular formula is C21H20N2O4S3. The first-order valence-corrected chi connectivity index (χ1v) is 12.6. The van der Waals surface area contributed by atoms with Crippen molar-refractivity contribution in [3.8, 4) is 0 Å². The first-order valence-electron chi connectivity index (χ1n) is 9.50. The first-order chi connectivity index (χ1) is 14.4. The van der Waals surface area contributed by atoms with E-state index in [0.717, 1.165) is 17.7 Å². The van der Waals surface area contributed by atoms with E-state index in [0.29, 0.717) is 35.0 Å². The van der Waals surface area contributed by atoms with E-state index in [2.05, 4.69) is 5.32 Å². The molecule has 0 unspecified atom stereocenters. The Labute approximate surface area is 183 Å². The van der Waals surface area contributed by atoms with Crippen molar-refractivity contribution < 1.29 is 18.0 Å². The summed E-state index contributed by atoms with van der Waals surface area (Å²) in [7, 11) is -3.49. The Kier molecular flexibility index (Phi) is 6.14. The lowest BCUT2D eigenvalue weighted by Crippen LogP contribution is -2.28. The van der Waals surface area contributed by atoms with Crippen molar-refractivity contribution in [2.24, 2.45) is 0 Å². The Bertz CT molecular complexity index is 1140. The maximum absolute atomic E-state index is 12.6. The molecule has 2 aromatic heterocycles. The van der Waals surface area contributed by atoms with Gasteiger partial charge in [-0.05, 0) is 60.7 Å². The van der Waals surface area contributed by atoms with Crippen molar-refractivity contribution >= 4 is 44.4 Å². The van der Waals surface area contributed by atoms with Gasteiger partial charge < -0.3 is 5.32 Å². The Morgan fingerprint density at radius 1 is 0.967 bits per heavy atom. The third-order valence-electron chi connectivity index (χ3n) is 4.87. The monoisotopic (exact) mass is 460 g/mol. The van der Waals surface area contributed by atoms with Crippen LogP contribution in [0.5, 0.6) is 0 Å². The zero-order chi connectivity index (χ0) is 21.1. The van der Waals surface area contributed by atoms with E-state index in [1.165, 1.54) is 51.2 Å². The normalized spacial score (nSPS) is 14.7. The second-order valence-electron chi connectivity index (χ2n) is 6.89. The van der Waals surface area contributed by atoms with Gasteiger partial charge >= 0.3 is 0 Å². The van der Waals surface area contributed by atoms with Crippen molar-refractivity contribution in [1.82, 2.24) is 9.62 Å². The van der Waals surface area contributed by atoms with Crippen LogP contribution in [0, 0.1) is 0 Å². The number of nitrogens with one attached hydrogen (secondary N) is 1. The molecule has 1 amide bonds. The molecule has 4 rings (SSSR count). The highest BCUT2D eigenvalue weighted by atomic mass is 32.2. The topological polar surface area (TPSA) is 83.5 Å². The Hall–Kier alpha value is -2.33. The zero-order valence-electron chi connectivity index (χ0n) is 16.0. The fraction of sp³-hybridized carbons (Fsp3) is 0.238. The van der Waals surface area contributed by atoms with Crippen LogP contribution in [0.4, 0.5) is 0 Å². The number of hydrogen-bond donors (Lipinski definition) is 1. The smallest absolute Gasteiger partial charge is 0.251 e. The van der Waals surface area contributed by atoms with Gasteiger partial charge in [-0.25, -0.2) is 8.42 Å². The van der Waals surface area contributed by atoms with Crippen LogP contribution in [0.15, 0.2) is 58.8 Å². The number of carbonyl (C=O) groups is 2. The number of benzene rings is 1. The standard InChI is InChI=1S/C21H20N2O4S3/c24-20(18-4-3-13-28-18)19-10-7-16(29-19)14-22-21(25)15-5-8-17(9-6-15)30(26,27)23-11-1-2-12-23/h3-10,13H,1-2,11-12,14H2,(H,22,25). The van der Waals surface area contributed by atoms with Crippen LogP contribution in [-0.4, -0.2) is 37.5 Å². The van der Waals surface area contributed by atoms with Crippen molar-refractivity contribution in [1.29, 1.82) is 0 Å². The molecule has 0 spiro atoms. The van der Waals surface area contributed by atoms with Gasteiger partial charge in [0.2, 0.25) is 15.8 Å². The highest BCUT2D eigenvalue weighted by molar-refractivity contribution is 7.89. The van der Waals surface area contributed by atoms with Crippen molar-refractivity contribution in [2.45, 2.75) is 24.3 Å². The predicted octanol–water partition coefficient (Wildman–Crippen LogP) is 3.76. The molecule has 3 heterocycles. The van der Waals surface area contributed by atoms with E-state index in [1.54, 1.807) is 12.1 Å². The van der Waals surface area contributed by atoms with Crippen LogP contribution in [0.25, 0.3) is 0 Å². The highest BCUT2D eigenvalue weighted by Gasteiger charge is 2.27. The predicted molar refractivity (Wildman–Crippen MR) is 118 cm³/mol. The number of hydrogen-bond acceptors (Lipinski definition) is 6. The van der Waals surface area contributed by atoms with Gasteiger partial charge in [0.1, 0.15) is 0 Å². The maximum atomic E-state index is 12.6. The Morgan fingerprint density at radius 2 is 1.70 bits per heavy atom. The van der Waals surface area contributed by atoms with Crippen LogP contribution >= 0.6 is 22.7 Å². The fourth-order valence-corrected chi connectivity index (χ4v) is 6.41. The molecular weight excluding hydrogens is 440 g/mol. The molecule has 0 atom stereocenters. The quantitative estimate of drug-likeness (QED) is 0.544. The van der Waals surface area contributed by atoms with Gasteiger partial charge in [0.15, 0.2) is 0 Å². The van der Waals surface area contributed by atoms with Gasteiger partial charge in [-0.1, -0.05) is 6.07 Å². The lowest BCUT2D eigenvalue weighted by atomic mass is 10.2. The van der Waals surface area contributed by atoms with Gasteiger partial charge in [-0.2, -0.15) is 4.31 Å². The number of thiophene rings is 2. The molecule has 1 fully saturated rings. The second-order valence-corrected chi connectivity index (χ2v) is 10.9. The molecule has 1 aliphatic heterocycles. The van der Waals surface area contributed by atoms with E-state index >= 15 is 0 Å². The van der Waals surface area contributed by atoms with E-state index in [-0.39, 0.29) is 16.6 Å². The molecule has 6 nitrogen and oxygen atoms in total. The van der Waals surface area contributed by atoms with Crippen LogP contribution in [0.2, 0.25) is 0 Å². The molecule has 156 valence electrons. The van der Waals surface area contributed by atoms with E-state index in [9.17, 15) is 18.0 Å². The van der Waals surface area contributed by atoms with E-state index < -0.39 is 10.0 Å². The molecule has 0 aliphatic carbocycles. The minimum atomic E-state index is -3.49. The minimum Gasteiger partial charge on any atom is -0.347 e. The molecule has 0 saturated carbocycles. The highest BCUT2D eigenvalue weighted by Crippen LogP contribution is 2.23. The molecule has 1 aromatic carbocycles. The summed E-state index contributed by atoms with van der Waals surface area (Å²) in [6, 6.07) is 13.2.